The molecular weight excluding hydrogens is 293 g/mol. The van der Waals surface area contributed by atoms with Gasteiger partial charge in [0.1, 0.15) is 0 Å². The minimum atomic E-state index is -0.861. The summed E-state index contributed by atoms with van der Waals surface area (Å²) in [6.45, 7) is 2.75. The third-order valence-electron chi connectivity index (χ3n) is 2.78. The molecule has 1 aliphatic carbocycles. The average Bonchev–Trinajstić information content (AvgIpc) is 2.01. The van der Waals surface area contributed by atoms with Gasteiger partial charge in [0, 0.05) is 5.92 Å². The van der Waals surface area contributed by atoms with E-state index in [-0.39, 0.29) is 24.0 Å². The van der Waals surface area contributed by atoms with Crippen molar-refractivity contribution in [3.05, 3.63) is 0 Å². The summed E-state index contributed by atoms with van der Waals surface area (Å²) in [5.41, 5.74) is -0.861. The van der Waals surface area contributed by atoms with Gasteiger partial charge in [0.15, 0.2) is 0 Å². The highest BCUT2D eigenvalue weighted by Crippen LogP contribution is 2.35. The number of hydrogen-bond acceptors (Lipinski definition) is 2. The van der Waals surface area contributed by atoms with E-state index in [0.717, 1.165) is 23.9 Å². The fraction of sp³-hybridized carbons (Fsp3) is 1.00. The molecule has 86 valence electrons. The average molecular weight is 315 g/mol. The summed E-state index contributed by atoms with van der Waals surface area (Å²) in [5, 5.41) is 19.3. The summed E-state index contributed by atoms with van der Waals surface area (Å²) in [6, 6.07) is 0. The number of hydrogen-bond donors (Lipinski definition) is 2. The largest absolute Gasteiger partial charge is 1.00 e. The Balaban J connectivity index is 0.00000169. The third-order valence-corrected chi connectivity index (χ3v) is 2.78. The normalized spacial score (nSPS) is 38.1. The van der Waals surface area contributed by atoms with Gasteiger partial charge in [-0.2, -0.15) is 0 Å². The SMILES string of the molecule is C[C@]1(O)C[C@H](C[N+](C)(C)C)C[C@@H]1O.[I-]. The first kappa shape index (κ1) is 14.6. The van der Waals surface area contributed by atoms with Crippen LogP contribution in [0.2, 0.25) is 0 Å². The van der Waals surface area contributed by atoms with Crippen LogP contribution in [0.1, 0.15) is 19.8 Å². The molecule has 1 saturated carbocycles. The first-order valence-electron chi connectivity index (χ1n) is 4.91. The molecule has 0 aliphatic heterocycles. The monoisotopic (exact) mass is 315 g/mol. The van der Waals surface area contributed by atoms with Crippen LogP contribution in [0.3, 0.4) is 0 Å². The molecule has 0 aromatic rings. The van der Waals surface area contributed by atoms with E-state index < -0.39 is 11.7 Å². The van der Waals surface area contributed by atoms with E-state index in [1.54, 1.807) is 6.92 Å². The van der Waals surface area contributed by atoms with Crippen LogP contribution >= 0.6 is 0 Å². The zero-order valence-electron chi connectivity index (χ0n) is 9.50. The van der Waals surface area contributed by atoms with Gasteiger partial charge < -0.3 is 38.7 Å². The minimum absolute atomic E-state index is 0. The maximum atomic E-state index is 9.77. The molecule has 0 unspecified atom stereocenters. The predicted octanol–water partition coefficient (Wildman–Crippen LogP) is -2.78. The van der Waals surface area contributed by atoms with Crippen LogP contribution in [-0.4, -0.2) is 54.1 Å². The molecule has 4 heteroatoms. The van der Waals surface area contributed by atoms with Crippen LogP contribution in [0.5, 0.6) is 0 Å². The van der Waals surface area contributed by atoms with E-state index in [2.05, 4.69) is 21.1 Å². The number of halogens is 1. The predicted molar refractivity (Wildman–Crippen MR) is 52.3 cm³/mol. The van der Waals surface area contributed by atoms with Gasteiger partial charge in [-0.05, 0) is 19.8 Å². The zero-order valence-corrected chi connectivity index (χ0v) is 11.7. The summed E-state index contributed by atoms with van der Waals surface area (Å²) in [5.74, 6) is 0.449. The van der Waals surface area contributed by atoms with Crippen LogP contribution in [0.25, 0.3) is 0 Å². The fourth-order valence-corrected chi connectivity index (χ4v) is 2.29. The second-order valence-corrected chi connectivity index (χ2v) is 5.65. The van der Waals surface area contributed by atoms with Crippen molar-refractivity contribution < 1.29 is 38.7 Å². The van der Waals surface area contributed by atoms with Crippen LogP contribution in [0, 0.1) is 5.92 Å². The number of aliphatic hydroxyl groups is 2. The number of aliphatic hydroxyl groups excluding tert-OH is 1. The smallest absolute Gasteiger partial charge is 0.0882 e. The molecule has 0 amide bonds. The molecule has 0 aromatic heterocycles. The lowest BCUT2D eigenvalue weighted by Crippen LogP contribution is -3.00. The summed E-state index contributed by atoms with van der Waals surface area (Å²) >= 11 is 0. The van der Waals surface area contributed by atoms with Crippen molar-refractivity contribution in [2.75, 3.05) is 27.7 Å². The van der Waals surface area contributed by atoms with Crippen molar-refractivity contribution >= 4 is 0 Å². The van der Waals surface area contributed by atoms with E-state index in [1.165, 1.54) is 0 Å². The molecule has 14 heavy (non-hydrogen) atoms. The Hall–Kier alpha value is 0.610. The molecule has 0 aromatic carbocycles. The first-order chi connectivity index (χ1) is 5.71. The summed E-state index contributed by atoms with van der Waals surface area (Å²) in [6.07, 6.45) is 0.927. The van der Waals surface area contributed by atoms with Gasteiger partial charge in [0.25, 0.3) is 0 Å². The highest BCUT2D eigenvalue weighted by molar-refractivity contribution is 4.92. The molecule has 1 fully saturated rings. The minimum Gasteiger partial charge on any atom is -1.00 e. The molecule has 3 nitrogen and oxygen atoms in total. The molecule has 3 atom stereocenters. The van der Waals surface area contributed by atoms with E-state index in [9.17, 15) is 10.2 Å². The van der Waals surface area contributed by atoms with Gasteiger partial charge >= 0.3 is 0 Å². The maximum absolute atomic E-state index is 9.77. The highest BCUT2D eigenvalue weighted by Gasteiger charge is 2.43. The molecule has 2 N–H and O–H groups in total. The van der Waals surface area contributed by atoms with E-state index in [1.807, 2.05) is 0 Å². The van der Waals surface area contributed by atoms with Crippen LogP contribution in [0.15, 0.2) is 0 Å². The molecular formula is C10H22INO2. The quantitative estimate of drug-likeness (QED) is 0.428. The van der Waals surface area contributed by atoms with Gasteiger partial charge in [0.05, 0.1) is 39.4 Å². The third kappa shape index (κ3) is 4.00. The zero-order chi connectivity index (χ0) is 10.3. The second-order valence-electron chi connectivity index (χ2n) is 5.65. The maximum Gasteiger partial charge on any atom is 0.0882 e. The Morgan fingerprint density at radius 3 is 2.14 bits per heavy atom. The van der Waals surface area contributed by atoms with E-state index in [4.69, 9.17) is 0 Å². The van der Waals surface area contributed by atoms with Crippen molar-refractivity contribution in [3.8, 4) is 0 Å². The standard InChI is InChI=1S/C10H22NO2.HI/c1-10(13)6-8(5-9(10)12)7-11(2,3)4;/h8-9,12-13H,5-7H2,1-4H3;1H/q+1;/p-1/t8-,9+,10+;/m1./s1. The van der Waals surface area contributed by atoms with Gasteiger partial charge in [-0.25, -0.2) is 0 Å². The summed E-state index contributed by atoms with van der Waals surface area (Å²) in [4.78, 5) is 0. The van der Waals surface area contributed by atoms with Crippen molar-refractivity contribution in [1.82, 2.24) is 0 Å². The Kier molecular flexibility index (Phi) is 4.84. The molecule has 0 bridgehead atoms. The topological polar surface area (TPSA) is 40.5 Å². The van der Waals surface area contributed by atoms with Crippen molar-refractivity contribution in [3.63, 3.8) is 0 Å². The lowest BCUT2D eigenvalue weighted by molar-refractivity contribution is -0.873. The molecule has 0 saturated heterocycles. The number of quaternary nitrogens is 1. The first-order valence-corrected chi connectivity index (χ1v) is 4.91. The van der Waals surface area contributed by atoms with Crippen LogP contribution < -0.4 is 24.0 Å². The van der Waals surface area contributed by atoms with Crippen LogP contribution in [-0.2, 0) is 0 Å². The van der Waals surface area contributed by atoms with E-state index in [0.29, 0.717) is 5.92 Å². The number of nitrogens with zero attached hydrogens (tertiary/aromatic N) is 1. The molecule has 0 spiro atoms. The molecule has 0 radical (unpaired) electrons. The molecule has 1 rings (SSSR count). The number of rotatable bonds is 2. The second kappa shape index (κ2) is 4.63. The Morgan fingerprint density at radius 1 is 1.36 bits per heavy atom. The Morgan fingerprint density at radius 2 is 1.86 bits per heavy atom. The van der Waals surface area contributed by atoms with Gasteiger partial charge in [-0.15, -0.1) is 0 Å². The van der Waals surface area contributed by atoms with Crippen molar-refractivity contribution in [1.29, 1.82) is 0 Å². The van der Waals surface area contributed by atoms with Gasteiger partial charge in [0.2, 0.25) is 0 Å². The van der Waals surface area contributed by atoms with Crippen molar-refractivity contribution in [2.45, 2.75) is 31.5 Å². The highest BCUT2D eigenvalue weighted by atomic mass is 127. The van der Waals surface area contributed by atoms with Crippen molar-refractivity contribution in [2.24, 2.45) is 5.92 Å². The molecule has 1 aliphatic rings. The summed E-state index contributed by atoms with van der Waals surface area (Å²) in [7, 11) is 6.41. The Labute approximate surface area is 104 Å². The van der Waals surface area contributed by atoms with Gasteiger partial charge in [-0.1, -0.05) is 0 Å². The summed E-state index contributed by atoms with van der Waals surface area (Å²) < 4.78 is 0.896. The van der Waals surface area contributed by atoms with E-state index >= 15 is 0 Å². The van der Waals surface area contributed by atoms with Crippen LogP contribution in [0.4, 0.5) is 0 Å². The van der Waals surface area contributed by atoms with Gasteiger partial charge in [-0.3, -0.25) is 0 Å². The molecule has 0 heterocycles. The fourth-order valence-electron chi connectivity index (χ4n) is 2.29. The lowest BCUT2D eigenvalue weighted by Gasteiger charge is -2.27. The lowest BCUT2D eigenvalue weighted by atomic mass is 10.0. The Bertz CT molecular complexity index is 187.